The number of ketones is 1. The van der Waals surface area contributed by atoms with E-state index in [1.807, 2.05) is 0 Å². The van der Waals surface area contributed by atoms with Crippen molar-refractivity contribution in [2.75, 3.05) is 0 Å². The quantitative estimate of drug-likeness (QED) is 0.614. The number of hydrogen-bond donors (Lipinski definition) is 2. The van der Waals surface area contributed by atoms with E-state index in [4.69, 9.17) is 23.2 Å². The smallest absolute Gasteiger partial charge is 0.203 e. The fraction of sp³-hybridized carbons (Fsp3) is 0. The van der Waals surface area contributed by atoms with E-state index in [0.29, 0.717) is 20.5 Å². The molecule has 0 radical (unpaired) electrons. The van der Waals surface area contributed by atoms with Crippen LogP contribution in [0, 0.1) is 0 Å². The summed E-state index contributed by atoms with van der Waals surface area (Å²) in [6.07, 6.45) is 0. The second-order valence-electron chi connectivity index (χ2n) is 4.82. The van der Waals surface area contributed by atoms with Crippen molar-refractivity contribution < 1.29 is 15.0 Å². The summed E-state index contributed by atoms with van der Waals surface area (Å²) in [5.41, 5.74) is 0.730. The molecule has 3 rings (SSSR count). The molecular formula is C17H10Cl2O3S. The standard InChI is InChI=1S/C17H10Cl2O3S/c18-10-3-4-12(19)11(8-10)16-13(20)6-9(7-14(16)21)17(22)15-2-1-5-23-15/h1-8,20-21H. The van der Waals surface area contributed by atoms with Gasteiger partial charge in [-0.2, -0.15) is 0 Å². The van der Waals surface area contributed by atoms with Crippen molar-refractivity contribution >= 4 is 40.3 Å². The van der Waals surface area contributed by atoms with Gasteiger partial charge in [-0.1, -0.05) is 29.3 Å². The summed E-state index contributed by atoms with van der Waals surface area (Å²) in [5, 5.41) is 23.1. The van der Waals surface area contributed by atoms with Gasteiger partial charge in [0.15, 0.2) is 0 Å². The van der Waals surface area contributed by atoms with Crippen LogP contribution in [0.3, 0.4) is 0 Å². The first-order valence-electron chi connectivity index (χ1n) is 6.57. The van der Waals surface area contributed by atoms with E-state index < -0.39 is 0 Å². The van der Waals surface area contributed by atoms with Crippen molar-refractivity contribution in [3.63, 3.8) is 0 Å². The van der Waals surface area contributed by atoms with Crippen LogP contribution in [0.5, 0.6) is 11.5 Å². The van der Waals surface area contributed by atoms with Gasteiger partial charge in [-0.3, -0.25) is 4.79 Å². The SMILES string of the molecule is O=C(c1cc(O)c(-c2cc(Cl)ccc2Cl)c(O)c1)c1cccs1. The summed E-state index contributed by atoms with van der Waals surface area (Å²) in [6, 6.07) is 10.8. The first-order chi connectivity index (χ1) is 11.0. The third kappa shape index (κ3) is 3.06. The maximum absolute atomic E-state index is 12.3. The highest BCUT2D eigenvalue weighted by Crippen LogP contribution is 2.42. The van der Waals surface area contributed by atoms with Crippen LogP contribution >= 0.6 is 34.5 Å². The third-order valence-electron chi connectivity index (χ3n) is 3.30. The number of benzene rings is 2. The average Bonchev–Trinajstić information content (AvgIpc) is 3.03. The molecular weight excluding hydrogens is 355 g/mol. The minimum atomic E-state index is -0.269. The van der Waals surface area contributed by atoms with Crippen molar-refractivity contribution in [3.05, 3.63) is 68.3 Å². The van der Waals surface area contributed by atoms with Crippen molar-refractivity contribution in [2.24, 2.45) is 0 Å². The van der Waals surface area contributed by atoms with Gasteiger partial charge in [0.05, 0.1) is 10.4 Å². The molecule has 0 unspecified atom stereocenters. The average molecular weight is 365 g/mol. The summed E-state index contributed by atoms with van der Waals surface area (Å²) in [4.78, 5) is 12.8. The van der Waals surface area contributed by atoms with Crippen molar-refractivity contribution in [1.82, 2.24) is 0 Å². The first kappa shape index (κ1) is 15.9. The van der Waals surface area contributed by atoms with Gasteiger partial charge >= 0.3 is 0 Å². The summed E-state index contributed by atoms with van der Waals surface area (Å²) < 4.78 is 0. The van der Waals surface area contributed by atoms with Crippen LogP contribution in [-0.2, 0) is 0 Å². The molecule has 0 atom stereocenters. The Morgan fingerprint density at radius 3 is 2.30 bits per heavy atom. The van der Waals surface area contributed by atoms with E-state index in [0.717, 1.165) is 0 Å². The first-order valence-corrected chi connectivity index (χ1v) is 8.20. The summed E-state index contributed by atoms with van der Waals surface area (Å²) >= 11 is 13.3. The molecule has 2 N–H and O–H groups in total. The number of carbonyl (C=O) groups is 1. The number of phenolic OH excluding ortho intramolecular Hbond substituents is 2. The zero-order valence-corrected chi connectivity index (χ0v) is 13.9. The molecule has 116 valence electrons. The van der Waals surface area contributed by atoms with Crippen LogP contribution < -0.4 is 0 Å². The Balaban J connectivity index is 2.11. The predicted molar refractivity (Wildman–Crippen MR) is 93.0 cm³/mol. The Kier molecular flexibility index (Phi) is 4.31. The molecule has 0 aliphatic carbocycles. The highest BCUT2D eigenvalue weighted by Gasteiger charge is 2.19. The predicted octanol–water partition coefficient (Wildman–Crippen LogP) is 5.36. The lowest BCUT2D eigenvalue weighted by atomic mass is 9.99. The molecule has 3 aromatic rings. The molecule has 0 amide bonds. The molecule has 0 fully saturated rings. The summed E-state index contributed by atoms with van der Waals surface area (Å²) in [5.74, 6) is -0.752. The number of thiophene rings is 1. The second-order valence-corrected chi connectivity index (χ2v) is 6.61. The Labute approximate surface area is 146 Å². The van der Waals surface area contributed by atoms with Crippen LogP contribution in [-0.4, -0.2) is 16.0 Å². The minimum Gasteiger partial charge on any atom is -0.507 e. The third-order valence-corrected chi connectivity index (χ3v) is 4.73. The highest BCUT2D eigenvalue weighted by molar-refractivity contribution is 7.12. The number of rotatable bonds is 3. The van der Waals surface area contributed by atoms with Crippen LogP contribution in [0.15, 0.2) is 47.8 Å². The lowest BCUT2D eigenvalue weighted by molar-refractivity contribution is 0.104. The Morgan fingerprint density at radius 2 is 1.70 bits per heavy atom. The fourth-order valence-corrected chi connectivity index (χ4v) is 3.33. The van der Waals surface area contributed by atoms with Gasteiger partial charge in [-0.05, 0) is 41.8 Å². The molecule has 0 saturated carbocycles. The van der Waals surface area contributed by atoms with Gasteiger partial charge < -0.3 is 10.2 Å². The maximum atomic E-state index is 12.3. The Hall–Kier alpha value is -2.01. The number of carbonyl (C=O) groups excluding carboxylic acids is 1. The van der Waals surface area contributed by atoms with E-state index in [9.17, 15) is 15.0 Å². The summed E-state index contributed by atoms with van der Waals surface area (Å²) in [6.45, 7) is 0. The van der Waals surface area contributed by atoms with E-state index in [-0.39, 0.29) is 28.4 Å². The molecule has 2 aromatic carbocycles. The van der Waals surface area contributed by atoms with Crippen LogP contribution in [0.1, 0.15) is 15.2 Å². The van der Waals surface area contributed by atoms with Crippen LogP contribution in [0.4, 0.5) is 0 Å². The normalized spacial score (nSPS) is 10.7. The molecule has 0 aliphatic heterocycles. The molecule has 0 spiro atoms. The molecule has 6 heteroatoms. The molecule has 1 heterocycles. The maximum Gasteiger partial charge on any atom is 0.203 e. The number of phenols is 2. The van der Waals surface area contributed by atoms with E-state index in [1.165, 1.54) is 23.5 Å². The van der Waals surface area contributed by atoms with E-state index in [2.05, 4.69) is 0 Å². The second kappa shape index (κ2) is 6.24. The lowest BCUT2D eigenvalue weighted by Gasteiger charge is -2.11. The molecule has 1 aromatic heterocycles. The van der Waals surface area contributed by atoms with E-state index >= 15 is 0 Å². The largest absolute Gasteiger partial charge is 0.507 e. The molecule has 3 nitrogen and oxygen atoms in total. The lowest BCUT2D eigenvalue weighted by Crippen LogP contribution is -1.99. The van der Waals surface area contributed by atoms with Gasteiger partial charge in [-0.15, -0.1) is 11.3 Å². The number of hydrogen-bond acceptors (Lipinski definition) is 4. The van der Waals surface area contributed by atoms with Crippen molar-refractivity contribution in [1.29, 1.82) is 0 Å². The van der Waals surface area contributed by atoms with Gasteiger partial charge in [0.2, 0.25) is 5.78 Å². The zero-order chi connectivity index (χ0) is 16.6. The van der Waals surface area contributed by atoms with E-state index in [1.54, 1.807) is 35.7 Å². The molecule has 0 saturated heterocycles. The topological polar surface area (TPSA) is 57.5 Å². The van der Waals surface area contributed by atoms with Gasteiger partial charge in [-0.25, -0.2) is 0 Å². The zero-order valence-electron chi connectivity index (χ0n) is 11.6. The molecule has 23 heavy (non-hydrogen) atoms. The van der Waals surface area contributed by atoms with Crippen molar-refractivity contribution in [3.8, 4) is 22.6 Å². The van der Waals surface area contributed by atoms with Crippen LogP contribution in [0.2, 0.25) is 10.0 Å². The fourth-order valence-electron chi connectivity index (χ4n) is 2.26. The molecule has 0 aliphatic rings. The summed E-state index contributed by atoms with van der Waals surface area (Å²) in [7, 11) is 0. The highest BCUT2D eigenvalue weighted by atomic mass is 35.5. The Morgan fingerprint density at radius 1 is 1.00 bits per heavy atom. The van der Waals surface area contributed by atoms with Gasteiger partial charge in [0.1, 0.15) is 11.5 Å². The number of aromatic hydroxyl groups is 2. The van der Waals surface area contributed by atoms with Gasteiger partial charge in [0.25, 0.3) is 0 Å². The molecule has 0 bridgehead atoms. The Bertz CT molecular complexity index is 866. The monoisotopic (exact) mass is 364 g/mol. The van der Waals surface area contributed by atoms with Gasteiger partial charge in [0, 0.05) is 21.2 Å². The number of halogens is 2. The van der Waals surface area contributed by atoms with Crippen LogP contribution in [0.25, 0.3) is 11.1 Å². The van der Waals surface area contributed by atoms with Crippen molar-refractivity contribution in [2.45, 2.75) is 0 Å². The minimum absolute atomic E-state index is 0.139.